The summed E-state index contributed by atoms with van der Waals surface area (Å²) in [4.78, 5) is 23.9. The van der Waals surface area contributed by atoms with E-state index in [1.807, 2.05) is 0 Å². The van der Waals surface area contributed by atoms with Crippen molar-refractivity contribution in [3.8, 4) is 0 Å². The fourth-order valence-corrected chi connectivity index (χ4v) is 2.91. The molecule has 5 nitrogen and oxygen atoms in total. The number of amides is 1. The highest BCUT2D eigenvalue weighted by atomic mass is 32.2. The summed E-state index contributed by atoms with van der Waals surface area (Å²) in [7, 11) is 0. The van der Waals surface area contributed by atoms with Gasteiger partial charge >= 0.3 is 5.97 Å². The van der Waals surface area contributed by atoms with Gasteiger partial charge in [-0.15, -0.1) is 11.8 Å². The predicted octanol–water partition coefficient (Wildman–Crippen LogP) is 1.50. The lowest BCUT2D eigenvalue weighted by Gasteiger charge is -2.36. The molecule has 3 heterocycles. The molecule has 0 bridgehead atoms. The standard InChI is InChI=1S/C11H7NO4S/c13-9-7(4-6-2-1-3-16-6)10-12(9)8(5-17-10)11(14)15/h1-5,10H,(H,14,15)/b7-4+/t10-/m0/s1. The van der Waals surface area contributed by atoms with Crippen LogP contribution in [0, 0.1) is 0 Å². The fourth-order valence-electron chi connectivity index (χ4n) is 1.79. The van der Waals surface area contributed by atoms with Crippen molar-refractivity contribution in [3.63, 3.8) is 0 Å². The first-order valence-electron chi connectivity index (χ1n) is 4.86. The van der Waals surface area contributed by atoms with Crippen LogP contribution in [-0.4, -0.2) is 27.3 Å². The minimum absolute atomic E-state index is 0.0431. The largest absolute Gasteiger partial charge is 0.477 e. The Morgan fingerprint density at radius 1 is 1.59 bits per heavy atom. The van der Waals surface area contributed by atoms with Gasteiger partial charge in [-0.2, -0.15) is 0 Å². The van der Waals surface area contributed by atoms with Gasteiger partial charge in [0.15, 0.2) is 0 Å². The van der Waals surface area contributed by atoms with Gasteiger partial charge in [-0.25, -0.2) is 4.79 Å². The zero-order chi connectivity index (χ0) is 12.0. The molecule has 1 atom stereocenters. The molecule has 1 fully saturated rings. The Balaban J connectivity index is 1.87. The minimum Gasteiger partial charge on any atom is -0.477 e. The Labute approximate surface area is 100 Å². The summed E-state index contributed by atoms with van der Waals surface area (Å²) >= 11 is 1.31. The summed E-state index contributed by atoms with van der Waals surface area (Å²) in [6.07, 6.45) is 3.17. The summed E-state index contributed by atoms with van der Waals surface area (Å²) in [5.41, 5.74) is 0.610. The first kappa shape index (κ1) is 10.2. The van der Waals surface area contributed by atoms with Crippen LogP contribution in [0.5, 0.6) is 0 Å². The van der Waals surface area contributed by atoms with Crippen molar-refractivity contribution in [1.29, 1.82) is 0 Å². The molecule has 1 N–H and O–H groups in total. The van der Waals surface area contributed by atoms with Crippen LogP contribution in [0.3, 0.4) is 0 Å². The number of carboxylic acids is 1. The molecule has 2 aliphatic rings. The minimum atomic E-state index is -1.08. The average Bonchev–Trinajstić information content (AvgIpc) is 2.93. The molecule has 1 amide bonds. The maximum absolute atomic E-state index is 11.8. The lowest BCUT2D eigenvalue weighted by atomic mass is 10.0. The topological polar surface area (TPSA) is 70.7 Å². The number of hydrogen-bond acceptors (Lipinski definition) is 4. The number of thioether (sulfide) groups is 1. The molecular formula is C11H7NO4S. The van der Waals surface area contributed by atoms with Gasteiger partial charge in [0, 0.05) is 5.41 Å². The van der Waals surface area contributed by atoms with Gasteiger partial charge in [-0.3, -0.25) is 9.69 Å². The number of carbonyl (C=O) groups is 2. The van der Waals surface area contributed by atoms with E-state index in [4.69, 9.17) is 9.52 Å². The number of β-lactam (4-membered cyclic amide) rings is 1. The van der Waals surface area contributed by atoms with Crippen LogP contribution >= 0.6 is 11.8 Å². The molecule has 0 saturated carbocycles. The zero-order valence-corrected chi connectivity index (χ0v) is 9.31. The van der Waals surface area contributed by atoms with Gasteiger partial charge in [0.1, 0.15) is 16.8 Å². The fraction of sp³-hybridized carbons (Fsp3) is 0.0909. The molecular weight excluding hydrogens is 242 g/mol. The van der Waals surface area contributed by atoms with Gasteiger partial charge in [0.25, 0.3) is 5.91 Å². The SMILES string of the molecule is O=C(O)C1=CS[C@H]2/C(=C/c3ccco3)C(=O)N12. The smallest absolute Gasteiger partial charge is 0.353 e. The first-order chi connectivity index (χ1) is 8.18. The molecule has 0 spiro atoms. The molecule has 17 heavy (non-hydrogen) atoms. The van der Waals surface area contributed by atoms with Gasteiger partial charge in [-0.05, 0) is 18.2 Å². The van der Waals surface area contributed by atoms with Crippen molar-refractivity contribution in [3.05, 3.63) is 40.8 Å². The highest BCUT2D eigenvalue weighted by Crippen LogP contribution is 2.44. The van der Waals surface area contributed by atoms with Crippen molar-refractivity contribution in [2.75, 3.05) is 0 Å². The van der Waals surface area contributed by atoms with E-state index in [1.165, 1.54) is 28.3 Å². The number of furan rings is 1. The van der Waals surface area contributed by atoms with Crippen LogP contribution in [0.1, 0.15) is 5.76 Å². The second-order valence-electron chi connectivity index (χ2n) is 3.59. The van der Waals surface area contributed by atoms with Crippen molar-refractivity contribution in [2.24, 2.45) is 0 Å². The number of aliphatic carboxylic acids is 1. The molecule has 3 rings (SSSR count). The normalized spacial score (nSPS) is 24.6. The molecule has 2 aliphatic heterocycles. The predicted molar refractivity (Wildman–Crippen MR) is 60.6 cm³/mol. The molecule has 1 aromatic heterocycles. The number of carbonyl (C=O) groups excluding carboxylic acids is 1. The molecule has 0 aromatic carbocycles. The zero-order valence-electron chi connectivity index (χ0n) is 8.49. The van der Waals surface area contributed by atoms with Crippen LogP contribution in [0.2, 0.25) is 0 Å². The molecule has 6 heteroatoms. The number of carboxylic acid groups (broad SMARTS) is 1. The van der Waals surface area contributed by atoms with Crippen LogP contribution in [-0.2, 0) is 9.59 Å². The van der Waals surface area contributed by atoms with E-state index in [-0.39, 0.29) is 17.0 Å². The Hall–Kier alpha value is -1.95. The molecule has 0 radical (unpaired) electrons. The van der Waals surface area contributed by atoms with E-state index in [2.05, 4.69) is 0 Å². The number of rotatable bonds is 2. The van der Waals surface area contributed by atoms with E-state index >= 15 is 0 Å². The Morgan fingerprint density at radius 3 is 3.06 bits per heavy atom. The molecule has 1 aromatic rings. The van der Waals surface area contributed by atoms with Gasteiger partial charge in [0.05, 0.1) is 11.8 Å². The van der Waals surface area contributed by atoms with E-state index in [0.717, 1.165) is 0 Å². The highest BCUT2D eigenvalue weighted by Gasteiger charge is 2.49. The third-order valence-electron chi connectivity index (χ3n) is 2.59. The monoisotopic (exact) mass is 249 g/mol. The van der Waals surface area contributed by atoms with Crippen molar-refractivity contribution < 1.29 is 19.1 Å². The van der Waals surface area contributed by atoms with Crippen LogP contribution in [0.15, 0.2) is 39.5 Å². The summed E-state index contributed by atoms with van der Waals surface area (Å²) in [5.74, 6) is -0.757. The van der Waals surface area contributed by atoms with Gasteiger partial charge in [-0.1, -0.05) is 0 Å². The third kappa shape index (κ3) is 1.41. The summed E-state index contributed by atoms with van der Waals surface area (Å²) in [6, 6.07) is 3.48. The van der Waals surface area contributed by atoms with Gasteiger partial charge in [0.2, 0.25) is 0 Å². The summed E-state index contributed by atoms with van der Waals surface area (Å²) < 4.78 is 5.12. The van der Waals surface area contributed by atoms with E-state index in [9.17, 15) is 9.59 Å². The second-order valence-corrected chi connectivity index (χ2v) is 4.54. The summed E-state index contributed by atoms with van der Waals surface area (Å²) in [5, 5.41) is 10.2. The molecule has 86 valence electrons. The van der Waals surface area contributed by atoms with Crippen LogP contribution in [0.25, 0.3) is 6.08 Å². The van der Waals surface area contributed by atoms with Crippen molar-refractivity contribution in [2.45, 2.75) is 5.37 Å². The van der Waals surface area contributed by atoms with Crippen molar-refractivity contribution in [1.82, 2.24) is 4.90 Å². The maximum atomic E-state index is 11.8. The first-order valence-corrected chi connectivity index (χ1v) is 5.80. The Morgan fingerprint density at radius 2 is 2.41 bits per heavy atom. The van der Waals surface area contributed by atoms with E-state index in [1.54, 1.807) is 18.2 Å². The quantitative estimate of drug-likeness (QED) is 0.635. The maximum Gasteiger partial charge on any atom is 0.353 e. The highest BCUT2D eigenvalue weighted by molar-refractivity contribution is 8.03. The van der Waals surface area contributed by atoms with Crippen LogP contribution < -0.4 is 0 Å². The Kier molecular flexibility index (Phi) is 2.12. The lowest BCUT2D eigenvalue weighted by Crippen LogP contribution is -2.51. The number of hydrogen-bond donors (Lipinski definition) is 1. The second kappa shape index (κ2) is 3.53. The average molecular weight is 249 g/mol. The number of nitrogens with zero attached hydrogens (tertiary/aromatic N) is 1. The van der Waals surface area contributed by atoms with E-state index in [0.29, 0.717) is 11.3 Å². The molecule has 1 saturated heterocycles. The van der Waals surface area contributed by atoms with Crippen LogP contribution in [0.4, 0.5) is 0 Å². The number of fused-ring (bicyclic) bond motifs is 1. The van der Waals surface area contributed by atoms with Gasteiger partial charge < -0.3 is 9.52 Å². The summed E-state index contributed by atoms with van der Waals surface area (Å²) in [6.45, 7) is 0. The third-order valence-corrected chi connectivity index (χ3v) is 3.68. The Bertz CT molecular complexity index is 558. The molecule has 0 aliphatic carbocycles. The van der Waals surface area contributed by atoms with E-state index < -0.39 is 5.97 Å². The lowest BCUT2D eigenvalue weighted by molar-refractivity contribution is -0.141. The molecule has 0 unspecified atom stereocenters. The van der Waals surface area contributed by atoms with Crippen molar-refractivity contribution >= 4 is 29.7 Å².